The molecule has 0 aromatic carbocycles. The molecule has 4 nitrogen and oxygen atoms in total. The van der Waals surface area contributed by atoms with Crippen LogP contribution in [0, 0.1) is 11.3 Å². The molecule has 0 aromatic rings. The number of hydrogen-bond acceptors (Lipinski definition) is 3. The summed E-state index contributed by atoms with van der Waals surface area (Å²) >= 11 is 0. The Morgan fingerprint density at radius 3 is 2.60 bits per heavy atom. The lowest BCUT2D eigenvalue weighted by molar-refractivity contribution is -0.128. The molecule has 84 valence electrons. The van der Waals surface area contributed by atoms with E-state index < -0.39 is 0 Å². The van der Waals surface area contributed by atoms with Crippen LogP contribution in [0.25, 0.3) is 0 Å². The summed E-state index contributed by atoms with van der Waals surface area (Å²) in [7, 11) is 3.43. The second-order valence-corrected chi connectivity index (χ2v) is 4.32. The maximum absolute atomic E-state index is 11.4. The molecule has 1 atom stereocenters. The minimum absolute atomic E-state index is 0.00652. The van der Waals surface area contributed by atoms with E-state index in [1.54, 1.807) is 14.1 Å². The first-order valence-electron chi connectivity index (χ1n) is 5.49. The van der Waals surface area contributed by atoms with Crippen LogP contribution in [0.3, 0.4) is 0 Å². The van der Waals surface area contributed by atoms with Gasteiger partial charge in [-0.15, -0.1) is 0 Å². The van der Waals surface area contributed by atoms with Gasteiger partial charge in [0.15, 0.2) is 0 Å². The fourth-order valence-corrected chi connectivity index (χ4v) is 1.88. The van der Waals surface area contributed by atoms with E-state index in [4.69, 9.17) is 5.26 Å². The number of nitrogens with one attached hydrogen (secondary N) is 1. The minimum atomic E-state index is -0.331. The van der Waals surface area contributed by atoms with Gasteiger partial charge in [0.05, 0.1) is 12.5 Å². The van der Waals surface area contributed by atoms with E-state index in [0.29, 0.717) is 6.04 Å². The number of hydrogen-bond donors (Lipinski definition) is 1. The van der Waals surface area contributed by atoms with Crippen LogP contribution < -0.4 is 5.32 Å². The van der Waals surface area contributed by atoms with Gasteiger partial charge in [-0.25, -0.2) is 0 Å². The lowest BCUT2D eigenvalue weighted by atomic mass is 10.1. The predicted molar refractivity (Wildman–Crippen MR) is 58.1 cm³/mol. The molecule has 1 N–H and O–H groups in total. The highest BCUT2D eigenvalue weighted by Gasteiger charge is 2.21. The molecule has 1 unspecified atom stereocenters. The van der Waals surface area contributed by atoms with Crippen LogP contribution in [0.5, 0.6) is 0 Å². The topological polar surface area (TPSA) is 56.1 Å². The summed E-state index contributed by atoms with van der Waals surface area (Å²) in [5.41, 5.74) is 0. The van der Waals surface area contributed by atoms with Crippen molar-refractivity contribution in [2.45, 2.75) is 44.2 Å². The quantitative estimate of drug-likeness (QED) is 0.748. The molecular weight excluding hydrogens is 190 g/mol. The molecule has 15 heavy (non-hydrogen) atoms. The summed E-state index contributed by atoms with van der Waals surface area (Å²) in [5, 5.41) is 12.2. The van der Waals surface area contributed by atoms with E-state index in [2.05, 4.69) is 11.4 Å². The van der Waals surface area contributed by atoms with Gasteiger partial charge in [-0.05, 0) is 12.8 Å². The van der Waals surface area contributed by atoms with Crippen LogP contribution in [0.1, 0.15) is 32.1 Å². The highest BCUT2D eigenvalue weighted by molar-refractivity contribution is 5.76. The summed E-state index contributed by atoms with van der Waals surface area (Å²) in [6, 6.07) is 2.26. The van der Waals surface area contributed by atoms with Crippen molar-refractivity contribution in [3.8, 4) is 6.07 Å². The number of rotatable bonds is 4. The lowest BCUT2D eigenvalue weighted by Gasteiger charge is -2.18. The van der Waals surface area contributed by atoms with Crippen LogP contribution in [0.4, 0.5) is 0 Å². The number of carbonyl (C=O) groups excluding carboxylic acids is 1. The first kappa shape index (κ1) is 12.0. The Labute approximate surface area is 91.2 Å². The van der Waals surface area contributed by atoms with Crippen molar-refractivity contribution in [3.05, 3.63) is 0 Å². The third-order valence-electron chi connectivity index (χ3n) is 2.83. The van der Waals surface area contributed by atoms with Gasteiger partial charge in [0, 0.05) is 20.1 Å². The maximum Gasteiger partial charge on any atom is 0.224 e. The lowest BCUT2D eigenvalue weighted by Crippen LogP contribution is -2.39. The van der Waals surface area contributed by atoms with Crippen molar-refractivity contribution in [3.63, 3.8) is 0 Å². The van der Waals surface area contributed by atoms with Crippen molar-refractivity contribution in [1.82, 2.24) is 10.2 Å². The monoisotopic (exact) mass is 209 g/mol. The van der Waals surface area contributed by atoms with Crippen molar-refractivity contribution in [2.24, 2.45) is 0 Å². The largest absolute Gasteiger partial charge is 0.349 e. The fourth-order valence-electron chi connectivity index (χ4n) is 1.88. The molecule has 4 heteroatoms. The SMILES string of the molecule is CN(C)C(=O)CC(C#N)NC1CCCC1. The van der Waals surface area contributed by atoms with Crippen molar-refractivity contribution < 1.29 is 4.79 Å². The van der Waals surface area contributed by atoms with Gasteiger partial charge in [0.1, 0.15) is 6.04 Å². The Hall–Kier alpha value is -1.08. The van der Waals surface area contributed by atoms with E-state index in [0.717, 1.165) is 12.8 Å². The Morgan fingerprint density at radius 1 is 1.53 bits per heavy atom. The van der Waals surface area contributed by atoms with Gasteiger partial charge in [-0.2, -0.15) is 5.26 Å². The summed E-state index contributed by atoms with van der Waals surface area (Å²) in [6.07, 6.45) is 5.01. The minimum Gasteiger partial charge on any atom is -0.349 e. The van der Waals surface area contributed by atoms with E-state index in [1.807, 2.05) is 0 Å². The average Bonchev–Trinajstić information content (AvgIpc) is 2.69. The number of carbonyl (C=O) groups is 1. The Balaban J connectivity index is 2.35. The fraction of sp³-hybridized carbons (Fsp3) is 0.818. The van der Waals surface area contributed by atoms with E-state index in [1.165, 1.54) is 17.7 Å². The van der Waals surface area contributed by atoms with Gasteiger partial charge in [-0.1, -0.05) is 12.8 Å². The Kier molecular flexibility index (Phi) is 4.57. The van der Waals surface area contributed by atoms with Gasteiger partial charge < -0.3 is 4.90 Å². The molecule has 1 rings (SSSR count). The summed E-state index contributed by atoms with van der Waals surface area (Å²) in [5.74, 6) is 0.00652. The van der Waals surface area contributed by atoms with Gasteiger partial charge in [0.2, 0.25) is 5.91 Å². The molecule has 0 radical (unpaired) electrons. The number of nitrogens with zero attached hydrogens (tertiary/aromatic N) is 2. The zero-order valence-electron chi connectivity index (χ0n) is 9.49. The van der Waals surface area contributed by atoms with E-state index >= 15 is 0 Å². The molecule has 1 fully saturated rings. The third-order valence-corrected chi connectivity index (χ3v) is 2.83. The van der Waals surface area contributed by atoms with Gasteiger partial charge in [-0.3, -0.25) is 10.1 Å². The second-order valence-electron chi connectivity index (χ2n) is 4.32. The molecule has 1 saturated carbocycles. The Bertz CT molecular complexity index is 251. The first-order valence-corrected chi connectivity index (χ1v) is 5.49. The van der Waals surface area contributed by atoms with Crippen molar-refractivity contribution in [1.29, 1.82) is 5.26 Å². The molecule has 0 bridgehead atoms. The number of amides is 1. The maximum atomic E-state index is 11.4. The third kappa shape index (κ3) is 3.88. The molecule has 1 aliphatic rings. The molecule has 0 aliphatic heterocycles. The van der Waals surface area contributed by atoms with Gasteiger partial charge in [0.25, 0.3) is 0 Å². The standard InChI is InChI=1S/C11H19N3O/c1-14(2)11(15)7-10(8-12)13-9-5-3-4-6-9/h9-10,13H,3-7H2,1-2H3. The number of nitriles is 1. The normalized spacial score (nSPS) is 18.5. The van der Waals surface area contributed by atoms with Crippen LogP contribution in [0.2, 0.25) is 0 Å². The average molecular weight is 209 g/mol. The van der Waals surface area contributed by atoms with E-state index in [-0.39, 0.29) is 18.4 Å². The van der Waals surface area contributed by atoms with E-state index in [9.17, 15) is 4.79 Å². The molecule has 1 aliphatic carbocycles. The van der Waals surface area contributed by atoms with Gasteiger partial charge >= 0.3 is 0 Å². The van der Waals surface area contributed by atoms with Crippen LogP contribution in [-0.4, -0.2) is 37.0 Å². The highest BCUT2D eigenvalue weighted by Crippen LogP contribution is 2.18. The summed E-state index contributed by atoms with van der Waals surface area (Å²) in [6.45, 7) is 0. The molecular formula is C11H19N3O. The van der Waals surface area contributed by atoms with Crippen LogP contribution in [0.15, 0.2) is 0 Å². The Morgan fingerprint density at radius 2 is 2.13 bits per heavy atom. The molecule has 0 aromatic heterocycles. The van der Waals surface area contributed by atoms with Crippen molar-refractivity contribution in [2.75, 3.05) is 14.1 Å². The summed E-state index contributed by atoms with van der Waals surface area (Å²) in [4.78, 5) is 12.9. The molecule has 0 spiro atoms. The zero-order valence-corrected chi connectivity index (χ0v) is 9.49. The zero-order chi connectivity index (χ0) is 11.3. The smallest absolute Gasteiger partial charge is 0.224 e. The van der Waals surface area contributed by atoms with Crippen molar-refractivity contribution >= 4 is 5.91 Å². The summed E-state index contributed by atoms with van der Waals surface area (Å²) < 4.78 is 0. The highest BCUT2D eigenvalue weighted by atomic mass is 16.2. The van der Waals surface area contributed by atoms with Crippen LogP contribution >= 0.6 is 0 Å². The first-order chi connectivity index (χ1) is 7.13. The second kappa shape index (κ2) is 5.72. The molecule has 0 saturated heterocycles. The predicted octanol–water partition coefficient (Wildman–Crippen LogP) is 0.889. The molecule has 0 heterocycles. The molecule has 1 amide bonds. The van der Waals surface area contributed by atoms with Crippen LogP contribution in [-0.2, 0) is 4.79 Å².